The van der Waals surface area contributed by atoms with Gasteiger partial charge in [-0.1, -0.05) is 23.9 Å². The molecule has 1 aliphatic rings. The average molecular weight is 419 g/mol. The van der Waals surface area contributed by atoms with Gasteiger partial charge in [0.1, 0.15) is 5.75 Å². The number of carbonyl (C=O) groups excluding carboxylic acids is 3. The zero-order valence-corrected chi connectivity index (χ0v) is 16.7. The molecule has 1 aromatic heterocycles. The van der Waals surface area contributed by atoms with Crippen LogP contribution in [0.1, 0.15) is 19.7 Å². The molecule has 0 spiro atoms. The Morgan fingerprint density at radius 3 is 2.86 bits per heavy atom. The van der Waals surface area contributed by atoms with Crippen LogP contribution in [-0.2, 0) is 16.0 Å². The van der Waals surface area contributed by atoms with Crippen LogP contribution in [0.5, 0.6) is 5.75 Å². The van der Waals surface area contributed by atoms with Gasteiger partial charge < -0.3 is 19.8 Å². The number of amides is 4. The molecular formula is C18H21N5O5S. The van der Waals surface area contributed by atoms with Crippen molar-refractivity contribution in [3.63, 3.8) is 0 Å². The fraction of sp³-hybridized carbons (Fsp3) is 0.389. The van der Waals surface area contributed by atoms with Crippen LogP contribution in [0.4, 0.5) is 10.5 Å². The molecule has 1 fully saturated rings. The zero-order valence-electron chi connectivity index (χ0n) is 15.9. The van der Waals surface area contributed by atoms with Gasteiger partial charge in [0, 0.05) is 12.5 Å². The lowest BCUT2D eigenvalue weighted by Crippen LogP contribution is -2.57. The number of para-hydroxylation sites is 2. The van der Waals surface area contributed by atoms with Crippen molar-refractivity contribution in [1.29, 1.82) is 0 Å². The number of imide groups is 1. The third-order valence-electron chi connectivity index (χ3n) is 4.17. The summed E-state index contributed by atoms with van der Waals surface area (Å²) in [6.45, 7) is 4.10. The Labute approximate surface area is 171 Å². The molecule has 2 unspecified atom stereocenters. The van der Waals surface area contributed by atoms with Gasteiger partial charge in [-0.15, -0.1) is 10.2 Å². The topological polar surface area (TPSA) is 135 Å². The van der Waals surface area contributed by atoms with Crippen LogP contribution < -0.4 is 20.7 Å². The van der Waals surface area contributed by atoms with Crippen LogP contribution in [0.3, 0.4) is 0 Å². The summed E-state index contributed by atoms with van der Waals surface area (Å²) < 4.78 is 11.0. The molecule has 1 aliphatic heterocycles. The first kappa shape index (κ1) is 20.6. The highest BCUT2D eigenvalue weighted by Gasteiger charge is 2.34. The van der Waals surface area contributed by atoms with E-state index in [1.54, 1.807) is 25.1 Å². The monoisotopic (exact) mass is 419 g/mol. The summed E-state index contributed by atoms with van der Waals surface area (Å²) in [5, 5.41) is 15.7. The van der Waals surface area contributed by atoms with Crippen molar-refractivity contribution in [2.45, 2.75) is 31.5 Å². The second kappa shape index (κ2) is 9.41. The van der Waals surface area contributed by atoms with Crippen molar-refractivity contribution in [2.24, 2.45) is 5.92 Å². The number of aromatic nitrogens is 2. The number of rotatable bonds is 8. The minimum absolute atomic E-state index is 0.0679. The molecule has 29 heavy (non-hydrogen) atoms. The highest BCUT2D eigenvalue weighted by molar-refractivity contribution is 7.99. The van der Waals surface area contributed by atoms with E-state index in [4.69, 9.17) is 9.15 Å². The molecule has 0 radical (unpaired) electrons. The molecular weight excluding hydrogens is 398 g/mol. The molecule has 4 amide bonds. The summed E-state index contributed by atoms with van der Waals surface area (Å²) >= 11 is 1.09. The van der Waals surface area contributed by atoms with Gasteiger partial charge in [0.2, 0.25) is 17.7 Å². The van der Waals surface area contributed by atoms with Gasteiger partial charge in [0.05, 0.1) is 24.0 Å². The van der Waals surface area contributed by atoms with Crippen molar-refractivity contribution in [3.8, 4) is 5.75 Å². The molecule has 1 saturated heterocycles. The van der Waals surface area contributed by atoms with E-state index in [0.29, 0.717) is 18.0 Å². The summed E-state index contributed by atoms with van der Waals surface area (Å²) in [5.41, 5.74) is 0.588. The first-order chi connectivity index (χ1) is 14.0. The number of thioether (sulfide) groups is 1. The highest BCUT2D eigenvalue weighted by Crippen LogP contribution is 2.25. The summed E-state index contributed by atoms with van der Waals surface area (Å²) in [6.07, 6.45) is 0.189. The van der Waals surface area contributed by atoms with Gasteiger partial charge in [-0.05, 0) is 26.0 Å². The normalized spacial score (nSPS) is 18.7. The van der Waals surface area contributed by atoms with Crippen LogP contribution >= 0.6 is 11.8 Å². The largest absolute Gasteiger partial charge is 0.492 e. The van der Waals surface area contributed by atoms with Crippen LogP contribution in [0.15, 0.2) is 33.9 Å². The number of nitrogens with zero attached hydrogens (tertiary/aromatic N) is 2. The smallest absolute Gasteiger partial charge is 0.321 e. The van der Waals surface area contributed by atoms with E-state index in [2.05, 4.69) is 26.1 Å². The lowest BCUT2D eigenvalue weighted by atomic mass is 9.95. The van der Waals surface area contributed by atoms with Crippen LogP contribution in [0.2, 0.25) is 0 Å². The number of ether oxygens (including phenoxy) is 1. The van der Waals surface area contributed by atoms with Gasteiger partial charge in [-0.2, -0.15) is 0 Å². The van der Waals surface area contributed by atoms with E-state index in [0.717, 1.165) is 11.8 Å². The fourth-order valence-electron chi connectivity index (χ4n) is 2.78. The molecule has 2 atom stereocenters. The minimum atomic E-state index is -0.516. The number of anilines is 1. The van der Waals surface area contributed by atoms with E-state index < -0.39 is 11.9 Å². The maximum Gasteiger partial charge on any atom is 0.321 e. The molecule has 3 N–H and O–H groups in total. The van der Waals surface area contributed by atoms with E-state index >= 15 is 0 Å². The predicted octanol–water partition coefficient (Wildman–Crippen LogP) is 1.59. The lowest BCUT2D eigenvalue weighted by Gasteiger charge is -2.27. The molecule has 1 aromatic carbocycles. The van der Waals surface area contributed by atoms with Gasteiger partial charge in [0.25, 0.3) is 5.22 Å². The zero-order chi connectivity index (χ0) is 20.8. The van der Waals surface area contributed by atoms with Gasteiger partial charge >= 0.3 is 6.03 Å². The van der Waals surface area contributed by atoms with Gasteiger partial charge in [-0.3, -0.25) is 14.9 Å². The second-order valence-corrected chi connectivity index (χ2v) is 7.22. The van der Waals surface area contributed by atoms with E-state index in [1.165, 1.54) is 0 Å². The Kier molecular flexibility index (Phi) is 6.70. The van der Waals surface area contributed by atoms with E-state index in [9.17, 15) is 14.4 Å². The maximum absolute atomic E-state index is 12.2. The number of hydrogen-bond donors (Lipinski definition) is 3. The Morgan fingerprint density at radius 2 is 2.10 bits per heavy atom. The maximum atomic E-state index is 12.2. The summed E-state index contributed by atoms with van der Waals surface area (Å²) in [5.74, 6) is -0.216. The van der Waals surface area contributed by atoms with Crippen LogP contribution in [0.25, 0.3) is 0 Å². The molecule has 3 rings (SSSR count). The molecule has 10 nitrogen and oxygen atoms in total. The number of nitrogens with one attached hydrogen (secondary N) is 3. The Morgan fingerprint density at radius 1 is 1.31 bits per heavy atom. The standard InChI is InChI=1S/C18H21N5O5S/c1-3-27-13-7-5-4-6-12(13)20-14(24)9-29-18-23-22-15(28-18)8-11-10(2)19-17(26)21-16(11)25/h4-7,10-11H,3,8-9H2,1-2H3,(H,20,24)(H2,19,21,25,26). The number of benzene rings is 1. The molecule has 2 aromatic rings. The molecule has 11 heteroatoms. The Hall–Kier alpha value is -3.08. The first-order valence-corrected chi connectivity index (χ1v) is 10.0. The minimum Gasteiger partial charge on any atom is -0.492 e. The van der Waals surface area contributed by atoms with Crippen LogP contribution in [0, 0.1) is 5.92 Å². The third kappa shape index (κ3) is 5.47. The van der Waals surface area contributed by atoms with Crippen LogP contribution in [-0.4, -0.2) is 46.4 Å². The molecule has 0 aliphatic carbocycles. The molecule has 0 saturated carbocycles. The average Bonchev–Trinajstić information content (AvgIpc) is 3.12. The van der Waals surface area contributed by atoms with Crippen molar-refractivity contribution < 1.29 is 23.5 Å². The van der Waals surface area contributed by atoms with Crippen molar-refractivity contribution in [2.75, 3.05) is 17.7 Å². The second-order valence-electron chi connectivity index (χ2n) is 6.29. The Balaban J connectivity index is 1.52. The quantitative estimate of drug-likeness (QED) is 0.549. The molecule has 0 bridgehead atoms. The summed E-state index contributed by atoms with van der Waals surface area (Å²) in [7, 11) is 0. The summed E-state index contributed by atoms with van der Waals surface area (Å²) in [6, 6.07) is 6.30. The molecule has 2 heterocycles. The van der Waals surface area contributed by atoms with Crippen molar-refractivity contribution in [1.82, 2.24) is 20.8 Å². The Bertz CT molecular complexity index is 902. The number of hydrogen-bond acceptors (Lipinski definition) is 8. The first-order valence-electron chi connectivity index (χ1n) is 9.04. The van der Waals surface area contributed by atoms with Gasteiger partial charge in [-0.25, -0.2) is 4.79 Å². The predicted molar refractivity (Wildman–Crippen MR) is 105 cm³/mol. The van der Waals surface area contributed by atoms with E-state index in [-0.39, 0.29) is 41.1 Å². The summed E-state index contributed by atoms with van der Waals surface area (Å²) in [4.78, 5) is 35.5. The van der Waals surface area contributed by atoms with E-state index in [1.807, 2.05) is 13.0 Å². The highest BCUT2D eigenvalue weighted by atomic mass is 32.2. The number of urea groups is 1. The lowest BCUT2D eigenvalue weighted by molar-refractivity contribution is -0.125. The number of carbonyl (C=O) groups is 3. The van der Waals surface area contributed by atoms with Crippen molar-refractivity contribution >= 4 is 35.3 Å². The fourth-order valence-corrected chi connectivity index (χ4v) is 3.36. The van der Waals surface area contributed by atoms with Gasteiger partial charge in [0.15, 0.2) is 0 Å². The van der Waals surface area contributed by atoms with Crippen molar-refractivity contribution in [3.05, 3.63) is 30.2 Å². The SMILES string of the molecule is CCOc1ccccc1NC(=O)CSc1nnc(CC2C(=O)NC(=O)NC2C)o1. The molecule has 154 valence electrons. The third-order valence-corrected chi connectivity index (χ3v) is 4.98.